The van der Waals surface area contributed by atoms with E-state index in [9.17, 15) is 0 Å². The molecule has 0 saturated carbocycles. The number of quaternary nitrogens is 1. The first kappa shape index (κ1) is 13.3. The Labute approximate surface area is 94.4 Å². The summed E-state index contributed by atoms with van der Waals surface area (Å²) in [6, 6.07) is 0.570. The number of nitrogens with zero attached hydrogens (tertiary/aromatic N) is 1. The normalized spacial score (nSPS) is 23.4. The highest BCUT2D eigenvalue weighted by Gasteiger charge is 2.27. The molecule has 1 atom stereocenters. The molecule has 0 bridgehead atoms. The third-order valence-corrected chi connectivity index (χ3v) is 2.16. The maximum Gasteiger partial charge on any atom is 0.215 e. The standard InChI is InChI=1S/C8H13N3.H2O4S/c1-6(2)11-5-7-3-9-4-8(7)10-11;1-5(2,3)4/h5-6,9H,3-4H2,1-2H3;(H2,1,2,3,4). The van der Waals surface area contributed by atoms with Gasteiger partial charge in [-0.05, 0) is 13.8 Å². The fraction of sp³-hybridized carbons (Fsp3) is 0.625. The number of hydrogen-bond donors (Lipinski definition) is 3. The average molecular weight is 249 g/mol. The summed E-state index contributed by atoms with van der Waals surface area (Å²) in [7, 11) is -4.92. The van der Waals surface area contributed by atoms with E-state index in [4.69, 9.17) is 17.5 Å². The molecule has 2 aliphatic rings. The minimum Gasteiger partial charge on any atom is -0.726 e. The van der Waals surface area contributed by atoms with Crippen LogP contribution in [0, 0.1) is 0 Å². The highest BCUT2D eigenvalue weighted by atomic mass is 32.3. The molecule has 2 heterocycles. The van der Waals surface area contributed by atoms with Gasteiger partial charge < -0.3 is 9.87 Å². The van der Waals surface area contributed by atoms with E-state index >= 15 is 0 Å². The van der Waals surface area contributed by atoms with E-state index in [1.54, 1.807) is 0 Å². The lowest BCUT2D eigenvalue weighted by Gasteiger charge is -2.08. The summed E-state index contributed by atoms with van der Waals surface area (Å²) in [6.07, 6.45) is 2.22. The van der Waals surface area contributed by atoms with Gasteiger partial charge in [0.1, 0.15) is 18.0 Å². The molecule has 2 rings (SSSR count). The molecule has 1 fully saturated rings. The summed E-state index contributed by atoms with van der Waals surface area (Å²) in [5, 5.41) is 9.05. The summed E-state index contributed by atoms with van der Waals surface area (Å²) < 4.78 is 32.8. The summed E-state index contributed by atoms with van der Waals surface area (Å²) in [6.45, 7) is 6.34. The summed E-state index contributed by atoms with van der Waals surface area (Å²) in [5.74, 6) is 0. The minimum absolute atomic E-state index is 0.570. The third kappa shape index (κ3) is 4.37. The third-order valence-electron chi connectivity index (χ3n) is 2.16. The van der Waals surface area contributed by atoms with E-state index < -0.39 is 10.4 Å². The number of nitrogens with one attached hydrogen (secondary N) is 2. The fourth-order valence-corrected chi connectivity index (χ4v) is 1.44. The van der Waals surface area contributed by atoms with Crippen LogP contribution in [0.15, 0.2) is 16.9 Å². The SMILES string of the molecule is CC(C)[NH+]1C=C2CNCC2=N1.O=S(=O)([O-])O. The molecule has 92 valence electrons. The van der Waals surface area contributed by atoms with Crippen LogP contribution in [0.5, 0.6) is 0 Å². The second-order valence-electron chi connectivity index (χ2n) is 3.84. The van der Waals surface area contributed by atoms with Gasteiger partial charge >= 0.3 is 0 Å². The Morgan fingerprint density at radius 1 is 1.56 bits per heavy atom. The lowest BCUT2D eigenvalue weighted by Crippen LogP contribution is -3.05. The van der Waals surface area contributed by atoms with Gasteiger partial charge in [-0.2, -0.15) is 5.01 Å². The largest absolute Gasteiger partial charge is 0.726 e. The zero-order valence-electron chi connectivity index (χ0n) is 9.10. The van der Waals surface area contributed by atoms with E-state index in [2.05, 4.69) is 30.5 Å². The van der Waals surface area contributed by atoms with Crippen molar-refractivity contribution in [3.05, 3.63) is 11.8 Å². The van der Waals surface area contributed by atoms with Crippen LogP contribution in [0.3, 0.4) is 0 Å². The predicted octanol–water partition coefficient (Wildman–Crippen LogP) is -1.86. The lowest BCUT2D eigenvalue weighted by atomic mass is 10.2. The molecular weight excluding hydrogens is 234 g/mol. The topological polar surface area (TPSA) is 106 Å². The van der Waals surface area contributed by atoms with Crippen molar-refractivity contribution in [1.29, 1.82) is 0 Å². The quantitative estimate of drug-likeness (QED) is 0.373. The summed E-state index contributed by atoms with van der Waals surface area (Å²) in [5.41, 5.74) is 2.66. The van der Waals surface area contributed by atoms with E-state index in [0.717, 1.165) is 13.1 Å². The van der Waals surface area contributed by atoms with Crippen LogP contribution in [0.4, 0.5) is 0 Å². The fourth-order valence-electron chi connectivity index (χ4n) is 1.44. The average Bonchev–Trinajstić information content (AvgIpc) is 2.55. The zero-order chi connectivity index (χ0) is 12.3. The second-order valence-corrected chi connectivity index (χ2v) is 4.69. The monoisotopic (exact) mass is 249 g/mol. The molecule has 0 amide bonds. The van der Waals surface area contributed by atoms with E-state index in [1.165, 1.54) is 16.3 Å². The van der Waals surface area contributed by atoms with Gasteiger partial charge in [0, 0.05) is 18.7 Å². The number of fused-ring (bicyclic) bond motifs is 1. The molecule has 2 aliphatic heterocycles. The van der Waals surface area contributed by atoms with Gasteiger partial charge in [-0.25, -0.2) is 8.42 Å². The van der Waals surface area contributed by atoms with E-state index in [1.807, 2.05) is 0 Å². The van der Waals surface area contributed by atoms with Gasteiger partial charge in [0.2, 0.25) is 10.4 Å². The maximum absolute atomic E-state index is 8.63. The Hall–Kier alpha value is -0.800. The first-order valence-electron chi connectivity index (χ1n) is 4.81. The van der Waals surface area contributed by atoms with Gasteiger partial charge in [0.25, 0.3) is 0 Å². The first-order chi connectivity index (χ1) is 7.27. The molecule has 1 saturated heterocycles. The van der Waals surface area contributed by atoms with Crippen LogP contribution < -0.4 is 10.3 Å². The van der Waals surface area contributed by atoms with Crippen LogP contribution in [0.25, 0.3) is 0 Å². The van der Waals surface area contributed by atoms with Gasteiger partial charge in [0.15, 0.2) is 0 Å². The Kier molecular flexibility index (Phi) is 4.16. The maximum atomic E-state index is 8.63. The molecule has 0 aromatic rings. The highest BCUT2D eigenvalue weighted by molar-refractivity contribution is 7.79. The molecule has 7 nitrogen and oxygen atoms in total. The summed E-state index contributed by atoms with van der Waals surface area (Å²) in [4.78, 5) is 0. The van der Waals surface area contributed by atoms with Crippen molar-refractivity contribution in [2.75, 3.05) is 13.1 Å². The molecule has 0 aliphatic carbocycles. The van der Waals surface area contributed by atoms with Crippen molar-refractivity contribution >= 4 is 16.1 Å². The Bertz CT molecular complexity index is 385. The van der Waals surface area contributed by atoms with E-state index in [-0.39, 0.29) is 0 Å². The van der Waals surface area contributed by atoms with Gasteiger partial charge in [-0.1, -0.05) is 5.10 Å². The van der Waals surface area contributed by atoms with Crippen molar-refractivity contribution in [2.24, 2.45) is 5.10 Å². The number of hydrogen-bond acceptors (Lipinski definition) is 5. The molecule has 0 aromatic heterocycles. The minimum atomic E-state index is -4.92. The van der Waals surface area contributed by atoms with Crippen LogP contribution in [-0.2, 0) is 10.4 Å². The smallest absolute Gasteiger partial charge is 0.215 e. The van der Waals surface area contributed by atoms with Gasteiger partial charge in [0.05, 0.1) is 0 Å². The molecule has 0 radical (unpaired) electrons. The van der Waals surface area contributed by atoms with Crippen LogP contribution in [0.2, 0.25) is 0 Å². The number of rotatable bonds is 1. The van der Waals surface area contributed by atoms with Gasteiger partial charge in [-0.15, -0.1) is 0 Å². The van der Waals surface area contributed by atoms with E-state index in [0.29, 0.717) is 6.04 Å². The Morgan fingerprint density at radius 3 is 2.56 bits per heavy atom. The van der Waals surface area contributed by atoms with Crippen molar-refractivity contribution in [3.8, 4) is 0 Å². The highest BCUT2D eigenvalue weighted by Crippen LogP contribution is 2.04. The molecule has 1 unspecified atom stereocenters. The van der Waals surface area contributed by atoms with Crippen LogP contribution in [0.1, 0.15) is 13.8 Å². The summed E-state index contributed by atoms with van der Waals surface area (Å²) >= 11 is 0. The van der Waals surface area contributed by atoms with Crippen molar-refractivity contribution in [2.45, 2.75) is 19.9 Å². The van der Waals surface area contributed by atoms with Crippen molar-refractivity contribution in [1.82, 2.24) is 5.32 Å². The van der Waals surface area contributed by atoms with Gasteiger partial charge in [-0.3, -0.25) is 4.55 Å². The van der Waals surface area contributed by atoms with Crippen LogP contribution in [-0.4, -0.2) is 42.4 Å². The van der Waals surface area contributed by atoms with Crippen molar-refractivity contribution in [3.63, 3.8) is 0 Å². The first-order valence-corrected chi connectivity index (χ1v) is 6.18. The molecule has 16 heavy (non-hydrogen) atoms. The molecule has 0 spiro atoms. The zero-order valence-corrected chi connectivity index (χ0v) is 9.91. The lowest BCUT2D eigenvalue weighted by molar-refractivity contribution is -0.874. The van der Waals surface area contributed by atoms with Crippen LogP contribution >= 0.6 is 0 Å². The molecule has 8 heteroatoms. The predicted molar refractivity (Wildman–Crippen MR) is 56.8 cm³/mol. The second kappa shape index (κ2) is 5.02. The Balaban J connectivity index is 0.000000221. The van der Waals surface area contributed by atoms with Crippen molar-refractivity contribution < 1.29 is 22.5 Å². The molecule has 0 aromatic carbocycles. The molecule has 3 N–H and O–H groups in total. The molecular formula is C8H15N3O4S. The Morgan fingerprint density at radius 2 is 2.12 bits per heavy atom.